The number of quaternary nitrogens is 1. The average Bonchev–Trinajstić information content (AvgIpc) is 1.63. The number of rotatable bonds is 4. The van der Waals surface area contributed by atoms with E-state index in [-0.39, 0.29) is 19.2 Å². The number of carbonyl (C=O) groups is 2. The second kappa shape index (κ2) is 5.99. The van der Waals surface area contributed by atoms with Gasteiger partial charge in [-0.15, -0.1) is 0 Å². The molecule has 1 amide bonds. The molecule has 0 unspecified atom stereocenters. The third-order valence-electron chi connectivity index (χ3n) is 0.575. The smallest absolute Gasteiger partial charge is 0.317 e. The Bertz CT molecular complexity index is 111. The Kier molecular flexibility index (Phi) is 6.96. The summed E-state index contributed by atoms with van der Waals surface area (Å²) in [5.74, 6) is -1.56. The van der Waals surface area contributed by atoms with E-state index >= 15 is 0 Å². The Morgan fingerprint density at radius 3 is 2.20 bits per heavy atom. The molecule has 0 atom stereocenters. The van der Waals surface area contributed by atoms with Crippen molar-refractivity contribution < 1.29 is 14.7 Å². The number of carboxylic acids is 1. The van der Waals surface area contributed by atoms with Gasteiger partial charge in [0.25, 0.3) is 0 Å². The summed E-state index contributed by atoms with van der Waals surface area (Å²) in [5.41, 5.74) is 4.68. The standard InChI is InChI=1S/C4H8N2O3.H3N/c5-3(7)1-6-2-4(8)9;/h6H,1-2H2,(H2,5,7)(H,8,9);1H3/p+1. The zero-order valence-corrected chi connectivity index (χ0v) is 5.76. The van der Waals surface area contributed by atoms with E-state index in [0.29, 0.717) is 0 Å². The van der Waals surface area contributed by atoms with Gasteiger partial charge >= 0.3 is 5.97 Å². The van der Waals surface area contributed by atoms with Crippen LogP contribution in [0.1, 0.15) is 0 Å². The van der Waals surface area contributed by atoms with Gasteiger partial charge in [-0.05, 0) is 0 Å². The highest BCUT2D eigenvalue weighted by Crippen LogP contribution is 1.58. The van der Waals surface area contributed by atoms with Crippen molar-refractivity contribution >= 4 is 11.9 Å². The maximum atomic E-state index is 9.95. The van der Waals surface area contributed by atoms with E-state index in [2.05, 4.69) is 11.1 Å². The topological polar surface area (TPSA) is 129 Å². The van der Waals surface area contributed by atoms with Crippen molar-refractivity contribution in [3.63, 3.8) is 0 Å². The molecule has 60 valence electrons. The van der Waals surface area contributed by atoms with Gasteiger partial charge in [0, 0.05) is 0 Å². The van der Waals surface area contributed by atoms with Crippen molar-refractivity contribution in [2.75, 3.05) is 13.1 Å². The summed E-state index contributed by atoms with van der Waals surface area (Å²) in [6.45, 7) is -0.324. The van der Waals surface area contributed by atoms with Crippen LogP contribution in [0.2, 0.25) is 0 Å². The molecule has 0 saturated carbocycles. The maximum absolute atomic E-state index is 9.95. The maximum Gasteiger partial charge on any atom is 0.317 e. The van der Waals surface area contributed by atoms with E-state index < -0.39 is 11.9 Å². The van der Waals surface area contributed by atoms with E-state index in [9.17, 15) is 9.59 Å². The Balaban J connectivity index is 0. The van der Waals surface area contributed by atoms with Crippen LogP contribution in [-0.4, -0.2) is 30.1 Å². The summed E-state index contributed by atoms with van der Waals surface area (Å²) in [6.07, 6.45) is 0. The van der Waals surface area contributed by atoms with E-state index in [1.54, 1.807) is 0 Å². The lowest BCUT2D eigenvalue weighted by Crippen LogP contribution is -2.32. The molecule has 0 spiro atoms. The third-order valence-corrected chi connectivity index (χ3v) is 0.575. The predicted octanol–water partition coefficient (Wildman–Crippen LogP) is -1.48. The van der Waals surface area contributed by atoms with Crippen molar-refractivity contribution in [2.24, 2.45) is 5.73 Å². The lowest BCUT2D eigenvalue weighted by atomic mass is 10.5. The number of amides is 1. The Morgan fingerprint density at radius 1 is 1.40 bits per heavy atom. The number of nitrogens with one attached hydrogen (secondary N) is 1. The summed E-state index contributed by atoms with van der Waals surface area (Å²) >= 11 is 0. The molecule has 0 aromatic rings. The minimum Gasteiger partial charge on any atom is -0.480 e. The second-order valence-electron chi connectivity index (χ2n) is 1.46. The van der Waals surface area contributed by atoms with Crippen LogP contribution in [0.15, 0.2) is 0 Å². The minimum absolute atomic E-state index is 0. The molecule has 0 aliphatic rings. The number of hydrogen-bond donors (Lipinski definition) is 4. The highest BCUT2D eigenvalue weighted by atomic mass is 16.4. The quantitative estimate of drug-likeness (QED) is 0.389. The van der Waals surface area contributed by atoms with E-state index in [1.807, 2.05) is 0 Å². The zero-order chi connectivity index (χ0) is 7.28. The monoisotopic (exact) mass is 150 g/mol. The fraction of sp³-hybridized carbons (Fsp3) is 0.500. The predicted molar refractivity (Wildman–Crippen MR) is 35.7 cm³/mol. The largest absolute Gasteiger partial charge is 0.480 e. The normalized spacial score (nSPS) is 8.00. The Morgan fingerprint density at radius 2 is 1.90 bits per heavy atom. The molecule has 0 aliphatic carbocycles. The van der Waals surface area contributed by atoms with Gasteiger partial charge in [0.1, 0.15) is 0 Å². The first kappa shape index (κ1) is 11.6. The van der Waals surface area contributed by atoms with Gasteiger partial charge in [0.15, 0.2) is 0 Å². The van der Waals surface area contributed by atoms with Crippen LogP contribution in [0.3, 0.4) is 0 Å². The van der Waals surface area contributed by atoms with E-state index in [0.717, 1.165) is 0 Å². The van der Waals surface area contributed by atoms with Crippen molar-refractivity contribution in [3.8, 4) is 0 Å². The van der Waals surface area contributed by atoms with Crippen LogP contribution >= 0.6 is 0 Å². The molecule has 6 nitrogen and oxygen atoms in total. The summed E-state index contributed by atoms with van der Waals surface area (Å²) < 4.78 is 0. The zero-order valence-electron chi connectivity index (χ0n) is 5.76. The van der Waals surface area contributed by atoms with Gasteiger partial charge in [0.2, 0.25) is 5.91 Å². The summed E-state index contributed by atoms with van der Waals surface area (Å²) in [4.78, 5) is 19.7. The molecule has 6 heteroatoms. The summed E-state index contributed by atoms with van der Waals surface area (Å²) in [7, 11) is 0. The van der Waals surface area contributed by atoms with Gasteiger partial charge < -0.3 is 17.0 Å². The number of carboxylic acid groups (broad SMARTS) is 1. The second-order valence-corrected chi connectivity index (χ2v) is 1.46. The SMILES string of the molecule is NC(=O)CNCC(=O)O.[NH4+]. The molecular weight excluding hydrogens is 138 g/mol. The van der Waals surface area contributed by atoms with Crippen molar-refractivity contribution in [2.45, 2.75) is 0 Å². The molecule has 8 N–H and O–H groups in total. The van der Waals surface area contributed by atoms with Gasteiger partial charge in [-0.3, -0.25) is 14.9 Å². The van der Waals surface area contributed by atoms with Gasteiger partial charge in [-0.25, -0.2) is 0 Å². The Hall–Kier alpha value is -1.14. The fourth-order valence-corrected chi connectivity index (χ4v) is 0.293. The molecule has 0 aliphatic heterocycles. The number of nitrogens with two attached hydrogens (primary N) is 1. The molecule has 0 aromatic heterocycles. The lowest BCUT2D eigenvalue weighted by molar-refractivity contribution is -0.135. The average molecular weight is 150 g/mol. The third kappa shape index (κ3) is 9.97. The fourth-order valence-electron chi connectivity index (χ4n) is 0.293. The first-order chi connectivity index (χ1) is 4.13. The van der Waals surface area contributed by atoms with E-state index in [4.69, 9.17) is 5.11 Å². The molecule has 0 saturated heterocycles. The highest BCUT2D eigenvalue weighted by Gasteiger charge is 1.95. The van der Waals surface area contributed by atoms with Gasteiger partial charge in [-0.2, -0.15) is 0 Å². The molecular formula is C4H12N3O3+. The highest BCUT2D eigenvalue weighted by molar-refractivity contribution is 5.77. The molecule has 0 fully saturated rings. The molecule has 0 aromatic carbocycles. The summed E-state index contributed by atoms with van der Waals surface area (Å²) in [6, 6.07) is 0. The van der Waals surface area contributed by atoms with Gasteiger partial charge in [0.05, 0.1) is 13.1 Å². The van der Waals surface area contributed by atoms with Crippen molar-refractivity contribution in [3.05, 3.63) is 0 Å². The van der Waals surface area contributed by atoms with Crippen LogP contribution in [0.4, 0.5) is 0 Å². The molecule has 10 heavy (non-hydrogen) atoms. The lowest BCUT2D eigenvalue weighted by Gasteiger charge is -1.94. The molecule has 0 bridgehead atoms. The summed E-state index contributed by atoms with van der Waals surface area (Å²) in [5, 5.41) is 10.3. The minimum atomic E-state index is -1.00. The van der Waals surface area contributed by atoms with E-state index in [1.165, 1.54) is 0 Å². The van der Waals surface area contributed by atoms with Crippen molar-refractivity contribution in [1.82, 2.24) is 11.5 Å². The Labute approximate surface area is 58.0 Å². The van der Waals surface area contributed by atoms with Crippen LogP contribution in [-0.2, 0) is 9.59 Å². The number of primary amides is 1. The van der Waals surface area contributed by atoms with Crippen LogP contribution in [0.5, 0.6) is 0 Å². The van der Waals surface area contributed by atoms with Crippen LogP contribution in [0.25, 0.3) is 0 Å². The molecule has 0 heterocycles. The first-order valence-electron chi connectivity index (χ1n) is 2.33. The molecule has 0 rings (SSSR count). The van der Waals surface area contributed by atoms with Crippen LogP contribution < -0.4 is 17.2 Å². The molecule has 0 radical (unpaired) electrons. The van der Waals surface area contributed by atoms with Gasteiger partial charge in [-0.1, -0.05) is 0 Å². The number of hydrogen-bond acceptors (Lipinski definition) is 3. The van der Waals surface area contributed by atoms with Crippen molar-refractivity contribution in [1.29, 1.82) is 0 Å². The van der Waals surface area contributed by atoms with Crippen LogP contribution in [0, 0.1) is 0 Å². The first-order valence-corrected chi connectivity index (χ1v) is 2.33. The number of carbonyl (C=O) groups excluding carboxylic acids is 1. The number of aliphatic carboxylic acids is 1.